The van der Waals surface area contributed by atoms with E-state index in [4.69, 9.17) is 4.74 Å². The van der Waals surface area contributed by atoms with Gasteiger partial charge in [0.1, 0.15) is 17.7 Å². The van der Waals surface area contributed by atoms with Crippen molar-refractivity contribution in [2.45, 2.75) is 30.4 Å². The lowest BCUT2D eigenvalue weighted by Gasteiger charge is -2.33. The quantitative estimate of drug-likeness (QED) is 0.577. The molecule has 2 aliphatic rings. The van der Waals surface area contributed by atoms with Crippen LogP contribution in [0, 0.1) is 0 Å². The van der Waals surface area contributed by atoms with Gasteiger partial charge in [-0.15, -0.1) is 0 Å². The lowest BCUT2D eigenvalue weighted by atomic mass is 9.85. The van der Waals surface area contributed by atoms with Crippen molar-refractivity contribution in [2.24, 2.45) is 0 Å². The number of carbonyl (C=O) groups is 2. The molecule has 0 spiro atoms. The molecule has 0 radical (unpaired) electrons. The molecule has 5 rings (SSSR count). The number of aromatic amines is 1. The van der Waals surface area contributed by atoms with Gasteiger partial charge < -0.3 is 14.4 Å². The number of halogens is 3. The van der Waals surface area contributed by atoms with Gasteiger partial charge in [-0.3, -0.25) is 9.89 Å². The van der Waals surface area contributed by atoms with E-state index < -0.39 is 29.1 Å². The second kappa shape index (κ2) is 7.47. The predicted molar refractivity (Wildman–Crippen MR) is 114 cm³/mol. The van der Waals surface area contributed by atoms with Crippen LogP contribution in [0.4, 0.5) is 18.9 Å². The van der Waals surface area contributed by atoms with Crippen molar-refractivity contribution in [2.75, 3.05) is 18.6 Å². The Labute approximate surface area is 187 Å². The van der Waals surface area contributed by atoms with Crippen LogP contribution in [0.25, 0.3) is 0 Å². The average Bonchev–Trinajstić information content (AvgIpc) is 3.48. The summed E-state index contributed by atoms with van der Waals surface area (Å²) >= 11 is 0. The normalized spacial score (nSPS) is 19.2. The van der Waals surface area contributed by atoms with Crippen molar-refractivity contribution in [3.8, 4) is 5.75 Å². The Kier molecular flexibility index (Phi) is 4.81. The van der Waals surface area contributed by atoms with Gasteiger partial charge in [0.05, 0.1) is 12.5 Å². The zero-order chi connectivity index (χ0) is 23.4. The van der Waals surface area contributed by atoms with Crippen LogP contribution < -0.4 is 9.64 Å². The molecule has 1 aliphatic heterocycles. The van der Waals surface area contributed by atoms with Gasteiger partial charge in [-0.2, -0.15) is 18.3 Å². The fourth-order valence-electron chi connectivity index (χ4n) is 4.47. The first kappa shape index (κ1) is 21.2. The number of rotatable bonds is 5. The Morgan fingerprint density at radius 2 is 1.79 bits per heavy atom. The molecule has 9 heteroatoms. The molecule has 1 atom stereocenters. The van der Waals surface area contributed by atoms with E-state index in [-0.39, 0.29) is 17.8 Å². The van der Waals surface area contributed by atoms with Crippen molar-refractivity contribution >= 4 is 17.9 Å². The van der Waals surface area contributed by atoms with Crippen LogP contribution in [0.15, 0.2) is 48.5 Å². The van der Waals surface area contributed by atoms with E-state index in [9.17, 15) is 22.8 Å². The second-order valence-electron chi connectivity index (χ2n) is 8.42. The Balaban J connectivity index is 1.57. The molecule has 1 aliphatic carbocycles. The maximum absolute atomic E-state index is 13.7. The van der Waals surface area contributed by atoms with E-state index in [1.165, 1.54) is 12.0 Å². The predicted octanol–water partition coefficient (Wildman–Crippen LogP) is 4.46. The van der Waals surface area contributed by atoms with E-state index in [0.29, 0.717) is 17.0 Å². The number of hydrogen-bond donors (Lipinski definition) is 1. The average molecular weight is 455 g/mol. The molecule has 0 bridgehead atoms. The summed E-state index contributed by atoms with van der Waals surface area (Å²) < 4.78 is 46.3. The maximum atomic E-state index is 13.7. The number of aromatic nitrogens is 2. The first-order valence-electron chi connectivity index (χ1n) is 10.5. The fraction of sp³-hybridized carbons (Fsp3) is 0.292. The summed E-state index contributed by atoms with van der Waals surface area (Å²) in [5.74, 6) is -0.754. The molecule has 1 saturated carbocycles. The van der Waals surface area contributed by atoms with Gasteiger partial charge in [0.15, 0.2) is 5.69 Å². The molecule has 0 saturated heterocycles. The van der Waals surface area contributed by atoms with Crippen LogP contribution in [-0.2, 0) is 16.4 Å². The van der Waals surface area contributed by atoms with Crippen molar-refractivity contribution < 1.29 is 27.5 Å². The molecule has 6 nitrogen and oxygen atoms in total. The molecule has 1 amide bonds. The van der Waals surface area contributed by atoms with Crippen LogP contribution >= 0.6 is 0 Å². The summed E-state index contributed by atoms with van der Waals surface area (Å²) in [6.45, 7) is 0.0128. The van der Waals surface area contributed by atoms with E-state index >= 15 is 0 Å². The number of hydrogen-bond acceptors (Lipinski definition) is 4. The van der Waals surface area contributed by atoms with Gasteiger partial charge in [0.2, 0.25) is 0 Å². The first-order valence-corrected chi connectivity index (χ1v) is 10.5. The lowest BCUT2D eigenvalue weighted by Crippen LogP contribution is -2.41. The third-order valence-electron chi connectivity index (χ3n) is 6.53. The molecule has 2 heterocycles. The largest absolute Gasteiger partial charge is 0.497 e. The van der Waals surface area contributed by atoms with Crippen LogP contribution in [-0.4, -0.2) is 36.0 Å². The minimum Gasteiger partial charge on any atom is -0.497 e. The third-order valence-corrected chi connectivity index (χ3v) is 6.53. The van der Waals surface area contributed by atoms with Crippen LogP contribution in [0.2, 0.25) is 0 Å². The van der Waals surface area contributed by atoms with Gasteiger partial charge in [-0.05, 0) is 48.2 Å². The summed E-state index contributed by atoms with van der Waals surface area (Å²) in [6, 6.07) is 13.8. The molecule has 1 aromatic heterocycles. The number of nitrogens with zero attached hydrogens (tertiary/aromatic N) is 2. The highest BCUT2D eigenvalue weighted by atomic mass is 19.4. The number of alkyl halides is 3. The monoisotopic (exact) mass is 455 g/mol. The van der Waals surface area contributed by atoms with Crippen LogP contribution in [0.1, 0.15) is 51.6 Å². The number of anilines is 1. The summed E-state index contributed by atoms with van der Waals surface area (Å²) in [5, 5.41) is 5.79. The Morgan fingerprint density at radius 3 is 2.33 bits per heavy atom. The Hall–Kier alpha value is -3.62. The van der Waals surface area contributed by atoms with E-state index in [2.05, 4.69) is 10.2 Å². The number of H-pyrrole nitrogens is 1. The van der Waals surface area contributed by atoms with E-state index in [1.807, 2.05) is 0 Å². The zero-order valence-corrected chi connectivity index (χ0v) is 17.6. The molecule has 170 valence electrons. The van der Waals surface area contributed by atoms with Crippen LogP contribution in [0.5, 0.6) is 5.75 Å². The number of nitrogens with one attached hydrogen (secondary N) is 1. The number of carbonyl (C=O) groups excluding carboxylic acids is 2. The number of aldehydes is 1. The number of amides is 1. The van der Waals surface area contributed by atoms with Gasteiger partial charge in [0.25, 0.3) is 5.91 Å². The molecule has 1 N–H and O–H groups in total. The SMILES string of the molecule is COc1ccc(C2CN(c3ccc(C4(C=O)CC4)cc3)C(=O)c3[nH]nc(C(F)(F)F)c32)cc1. The lowest BCUT2D eigenvalue weighted by molar-refractivity contribution is -0.141. The topological polar surface area (TPSA) is 75.3 Å². The molecule has 3 aromatic rings. The molecule has 2 aromatic carbocycles. The third kappa shape index (κ3) is 3.48. The van der Waals surface area contributed by atoms with E-state index in [0.717, 1.165) is 24.7 Å². The maximum Gasteiger partial charge on any atom is 0.435 e. The highest BCUT2D eigenvalue weighted by Gasteiger charge is 2.46. The smallest absolute Gasteiger partial charge is 0.435 e. The van der Waals surface area contributed by atoms with Crippen molar-refractivity contribution in [3.63, 3.8) is 0 Å². The number of fused-ring (bicyclic) bond motifs is 1. The standard InChI is InChI=1S/C24H20F3N3O3/c1-33-17-8-2-14(3-9-17)18-12-30(16-6-4-15(5-7-16)23(13-31)10-11-23)22(32)20-19(18)21(29-28-20)24(25,26)27/h2-9,13,18H,10-12H2,1H3,(H,28,29). The zero-order valence-electron chi connectivity index (χ0n) is 17.6. The minimum atomic E-state index is -4.70. The van der Waals surface area contributed by atoms with Gasteiger partial charge in [0, 0.05) is 23.7 Å². The summed E-state index contributed by atoms with van der Waals surface area (Å²) in [6.07, 6.45) is -2.18. The first-order chi connectivity index (χ1) is 15.8. The second-order valence-corrected chi connectivity index (χ2v) is 8.42. The van der Waals surface area contributed by atoms with Crippen molar-refractivity contribution in [1.29, 1.82) is 0 Å². The summed E-state index contributed by atoms with van der Waals surface area (Å²) in [5.41, 5.74) is 0.165. The molecule has 1 unspecified atom stereocenters. The van der Waals surface area contributed by atoms with Crippen molar-refractivity contribution in [3.05, 3.63) is 76.6 Å². The van der Waals surface area contributed by atoms with Crippen LogP contribution in [0.3, 0.4) is 0 Å². The molecular weight excluding hydrogens is 435 g/mol. The molecule has 1 fully saturated rings. The molecule has 33 heavy (non-hydrogen) atoms. The summed E-state index contributed by atoms with van der Waals surface area (Å²) in [7, 11) is 1.51. The summed E-state index contributed by atoms with van der Waals surface area (Å²) in [4.78, 5) is 26.1. The molecular formula is C24H20F3N3O3. The highest BCUT2D eigenvalue weighted by molar-refractivity contribution is 6.07. The number of ether oxygens (including phenoxy) is 1. The van der Waals surface area contributed by atoms with Gasteiger partial charge >= 0.3 is 6.18 Å². The number of methoxy groups -OCH3 is 1. The minimum absolute atomic E-state index is 0.0128. The van der Waals surface area contributed by atoms with E-state index in [1.54, 1.807) is 48.5 Å². The van der Waals surface area contributed by atoms with Crippen molar-refractivity contribution in [1.82, 2.24) is 10.2 Å². The fourth-order valence-corrected chi connectivity index (χ4v) is 4.47. The number of benzene rings is 2. The van der Waals surface area contributed by atoms with Gasteiger partial charge in [-0.25, -0.2) is 0 Å². The highest BCUT2D eigenvalue weighted by Crippen LogP contribution is 2.47. The van der Waals surface area contributed by atoms with Gasteiger partial charge in [-0.1, -0.05) is 24.3 Å². The Bertz CT molecular complexity index is 1210. The Morgan fingerprint density at radius 1 is 1.12 bits per heavy atom.